The van der Waals surface area contributed by atoms with Crippen LogP contribution in [0.3, 0.4) is 0 Å². The number of anilines is 1. The molecular formula is C12H15BrFN3O2. The van der Waals surface area contributed by atoms with Crippen LogP contribution in [-0.4, -0.2) is 24.5 Å². The van der Waals surface area contributed by atoms with E-state index in [2.05, 4.69) is 31.9 Å². The van der Waals surface area contributed by atoms with Crippen LogP contribution in [0.2, 0.25) is 0 Å². The number of carbonyl (C=O) groups excluding carboxylic acids is 2. The molecule has 0 radical (unpaired) electrons. The van der Waals surface area contributed by atoms with Crippen LogP contribution in [0.25, 0.3) is 0 Å². The fraction of sp³-hybridized carbons (Fsp3) is 0.333. The lowest BCUT2D eigenvalue weighted by Gasteiger charge is -2.16. The molecule has 0 saturated heterocycles. The van der Waals surface area contributed by atoms with Crippen molar-refractivity contribution in [2.75, 3.05) is 11.9 Å². The summed E-state index contributed by atoms with van der Waals surface area (Å²) in [6, 6.07) is 3.15. The Bertz CT molecular complexity index is 462. The summed E-state index contributed by atoms with van der Waals surface area (Å²) in [5.41, 5.74) is 0.182. The van der Waals surface area contributed by atoms with E-state index in [0.717, 1.165) is 0 Å². The summed E-state index contributed by atoms with van der Waals surface area (Å²) in [4.78, 5) is 22.9. The molecule has 1 atom stereocenters. The fourth-order valence-electron chi connectivity index (χ4n) is 1.34. The van der Waals surface area contributed by atoms with Crippen LogP contribution in [0.4, 0.5) is 14.9 Å². The Kier molecular flexibility index (Phi) is 5.75. The van der Waals surface area contributed by atoms with Crippen LogP contribution in [0.5, 0.6) is 0 Å². The van der Waals surface area contributed by atoms with Crippen molar-refractivity contribution in [2.24, 2.45) is 0 Å². The highest BCUT2D eigenvalue weighted by Crippen LogP contribution is 2.25. The predicted molar refractivity (Wildman–Crippen MR) is 74.4 cm³/mol. The van der Waals surface area contributed by atoms with E-state index in [0.29, 0.717) is 11.0 Å². The molecule has 1 aromatic carbocycles. The Morgan fingerprint density at radius 2 is 2.11 bits per heavy atom. The quantitative estimate of drug-likeness (QED) is 0.792. The van der Waals surface area contributed by atoms with Crippen LogP contribution in [0.1, 0.15) is 13.8 Å². The van der Waals surface area contributed by atoms with Gasteiger partial charge in [0.1, 0.15) is 11.9 Å². The van der Waals surface area contributed by atoms with Gasteiger partial charge in [-0.15, -0.1) is 0 Å². The monoisotopic (exact) mass is 331 g/mol. The Balaban J connectivity index is 2.66. The van der Waals surface area contributed by atoms with E-state index in [1.807, 2.05) is 0 Å². The average molecular weight is 332 g/mol. The molecule has 3 N–H and O–H groups in total. The van der Waals surface area contributed by atoms with Crippen molar-refractivity contribution in [2.45, 2.75) is 19.9 Å². The van der Waals surface area contributed by atoms with Gasteiger partial charge in [0.15, 0.2) is 0 Å². The Morgan fingerprint density at radius 1 is 1.42 bits per heavy atom. The summed E-state index contributed by atoms with van der Waals surface area (Å²) < 4.78 is 14.1. The van der Waals surface area contributed by atoms with E-state index >= 15 is 0 Å². The lowest BCUT2D eigenvalue weighted by Crippen LogP contribution is -2.45. The zero-order chi connectivity index (χ0) is 14.4. The Labute approximate surface area is 119 Å². The van der Waals surface area contributed by atoms with Gasteiger partial charge in [-0.25, -0.2) is 9.18 Å². The molecular weight excluding hydrogens is 317 g/mol. The first-order valence-corrected chi connectivity index (χ1v) is 6.54. The highest BCUT2D eigenvalue weighted by Gasteiger charge is 2.17. The van der Waals surface area contributed by atoms with Crippen LogP contribution < -0.4 is 16.0 Å². The number of rotatable bonds is 4. The molecule has 0 aliphatic carbocycles. The van der Waals surface area contributed by atoms with Crippen molar-refractivity contribution >= 4 is 33.6 Å². The van der Waals surface area contributed by atoms with Crippen LogP contribution in [0.15, 0.2) is 22.7 Å². The van der Waals surface area contributed by atoms with Crippen molar-refractivity contribution in [3.8, 4) is 0 Å². The van der Waals surface area contributed by atoms with Gasteiger partial charge in [-0.1, -0.05) is 6.07 Å². The maximum absolute atomic E-state index is 13.6. The molecule has 0 aliphatic rings. The van der Waals surface area contributed by atoms with Gasteiger partial charge in [0, 0.05) is 11.0 Å². The number of imide groups is 1. The molecule has 104 valence electrons. The summed E-state index contributed by atoms with van der Waals surface area (Å²) in [5, 5.41) is 7.30. The predicted octanol–water partition coefficient (Wildman–Crippen LogP) is 2.23. The minimum atomic E-state index is -0.754. The zero-order valence-electron chi connectivity index (χ0n) is 10.6. The SMILES string of the molecule is CCNC(=O)NC(=O)C(C)Nc1c(F)cccc1Br. The topological polar surface area (TPSA) is 70.2 Å². The number of amides is 3. The van der Waals surface area contributed by atoms with Crippen molar-refractivity contribution in [1.82, 2.24) is 10.6 Å². The summed E-state index contributed by atoms with van der Waals surface area (Å²) in [6.45, 7) is 3.69. The summed E-state index contributed by atoms with van der Waals surface area (Å²) in [6.07, 6.45) is 0. The lowest BCUT2D eigenvalue weighted by molar-refractivity contribution is -0.120. The standard InChI is InChI=1S/C12H15BrFN3O2/c1-3-15-12(19)17-11(18)7(2)16-10-8(13)5-4-6-9(10)14/h4-7,16H,3H2,1-2H3,(H2,15,17,18,19). The van der Waals surface area contributed by atoms with E-state index < -0.39 is 23.8 Å². The highest BCUT2D eigenvalue weighted by atomic mass is 79.9. The molecule has 7 heteroatoms. The molecule has 0 fully saturated rings. The van der Waals surface area contributed by atoms with Gasteiger partial charge in [-0.05, 0) is 41.9 Å². The van der Waals surface area contributed by atoms with Gasteiger partial charge in [-0.2, -0.15) is 0 Å². The summed E-state index contributed by atoms with van der Waals surface area (Å²) in [5.74, 6) is -1.02. The first kappa shape index (κ1) is 15.4. The summed E-state index contributed by atoms with van der Waals surface area (Å²) in [7, 11) is 0. The number of hydrogen-bond acceptors (Lipinski definition) is 3. The largest absolute Gasteiger partial charge is 0.371 e. The number of carbonyl (C=O) groups is 2. The molecule has 5 nitrogen and oxygen atoms in total. The molecule has 19 heavy (non-hydrogen) atoms. The van der Waals surface area contributed by atoms with Crippen molar-refractivity contribution in [3.05, 3.63) is 28.5 Å². The first-order valence-electron chi connectivity index (χ1n) is 5.75. The Morgan fingerprint density at radius 3 is 2.68 bits per heavy atom. The van der Waals surface area contributed by atoms with Gasteiger partial charge in [0.2, 0.25) is 5.91 Å². The molecule has 0 spiro atoms. The number of urea groups is 1. The second-order valence-corrected chi connectivity index (χ2v) is 4.67. The van der Waals surface area contributed by atoms with Crippen LogP contribution in [0, 0.1) is 5.82 Å². The molecule has 3 amide bonds. The molecule has 0 heterocycles. The van der Waals surface area contributed by atoms with Crippen molar-refractivity contribution in [3.63, 3.8) is 0 Å². The maximum atomic E-state index is 13.6. The highest BCUT2D eigenvalue weighted by molar-refractivity contribution is 9.10. The van der Waals surface area contributed by atoms with Gasteiger partial charge >= 0.3 is 6.03 Å². The number of nitrogens with one attached hydrogen (secondary N) is 3. The van der Waals surface area contributed by atoms with E-state index in [-0.39, 0.29) is 5.69 Å². The third kappa shape index (κ3) is 4.51. The third-order valence-corrected chi connectivity index (χ3v) is 2.95. The smallest absolute Gasteiger partial charge is 0.321 e. The molecule has 0 bridgehead atoms. The number of hydrogen-bond donors (Lipinski definition) is 3. The minimum Gasteiger partial charge on any atom is -0.371 e. The van der Waals surface area contributed by atoms with Crippen LogP contribution >= 0.6 is 15.9 Å². The molecule has 1 unspecified atom stereocenters. The average Bonchev–Trinajstić information content (AvgIpc) is 2.34. The molecule has 0 aliphatic heterocycles. The number of benzene rings is 1. The fourth-order valence-corrected chi connectivity index (χ4v) is 1.80. The van der Waals surface area contributed by atoms with Crippen molar-refractivity contribution < 1.29 is 14.0 Å². The number of halogens is 2. The molecule has 0 aromatic heterocycles. The normalized spacial score (nSPS) is 11.6. The Hall–Kier alpha value is -1.63. The van der Waals surface area contributed by atoms with Gasteiger partial charge < -0.3 is 10.6 Å². The maximum Gasteiger partial charge on any atom is 0.321 e. The van der Waals surface area contributed by atoms with Gasteiger partial charge in [0.25, 0.3) is 0 Å². The molecule has 0 saturated carbocycles. The second-order valence-electron chi connectivity index (χ2n) is 3.81. The zero-order valence-corrected chi connectivity index (χ0v) is 12.2. The van der Waals surface area contributed by atoms with E-state index in [4.69, 9.17) is 0 Å². The second kappa shape index (κ2) is 7.08. The summed E-state index contributed by atoms with van der Waals surface area (Å²) >= 11 is 3.19. The van der Waals surface area contributed by atoms with Gasteiger partial charge in [0.05, 0.1) is 5.69 Å². The minimum absolute atomic E-state index is 0.182. The number of para-hydroxylation sites is 1. The first-order chi connectivity index (χ1) is 8.95. The van der Waals surface area contributed by atoms with Crippen molar-refractivity contribution in [1.29, 1.82) is 0 Å². The molecule has 1 rings (SSSR count). The third-order valence-electron chi connectivity index (χ3n) is 2.29. The van der Waals surface area contributed by atoms with E-state index in [1.54, 1.807) is 19.1 Å². The molecule has 1 aromatic rings. The van der Waals surface area contributed by atoms with Crippen LogP contribution in [-0.2, 0) is 4.79 Å². The van der Waals surface area contributed by atoms with E-state index in [1.165, 1.54) is 13.0 Å². The van der Waals surface area contributed by atoms with E-state index in [9.17, 15) is 14.0 Å². The van der Waals surface area contributed by atoms with Gasteiger partial charge in [-0.3, -0.25) is 10.1 Å². The lowest BCUT2D eigenvalue weighted by atomic mass is 10.2.